The quantitative estimate of drug-likeness (QED) is 0.526. The van der Waals surface area contributed by atoms with Gasteiger partial charge in [0.25, 0.3) is 0 Å². The number of amides is 1. The Hall–Kier alpha value is -2.60. The summed E-state index contributed by atoms with van der Waals surface area (Å²) in [4.78, 5) is 15.1. The molecular weight excluding hydrogens is 397 g/mol. The van der Waals surface area contributed by atoms with Gasteiger partial charge in [-0.25, -0.2) is 4.98 Å². The molecule has 0 spiro atoms. The summed E-state index contributed by atoms with van der Waals surface area (Å²) in [6.07, 6.45) is 2.26. The number of ether oxygens (including phenoxy) is 1. The zero-order valence-electron chi connectivity index (χ0n) is 15.0. The molecule has 0 aliphatic heterocycles. The van der Waals surface area contributed by atoms with E-state index < -0.39 is 5.91 Å². The van der Waals surface area contributed by atoms with Crippen LogP contribution in [0, 0.1) is 0 Å². The van der Waals surface area contributed by atoms with E-state index in [9.17, 15) is 4.79 Å². The van der Waals surface area contributed by atoms with Crippen LogP contribution in [0.5, 0.6) is 11.6 Å². The molecule has 7 heteroatoms. The van der Waals surface area contributed by atoms with Crippen LogP contribution < -0.4 is 15.8 Å². The maximum absolute atomic E-state index is 11.0. The molecule has 3 aromatic rings. The van der Waals surface area contributed by atoms with E-state index >= 15 is 0 Å². The molecule has 0 saturated heterocycles. The molecule has 0 atom stereocenters. The van der Waals surface area contributed by atoms with Crippen molar-refractivity contribution >= 4 is 29.1 Å². The molecule has 0 fully saturated rings. The number of carbonyl (C=O) groups excluding carboxylic acids is 1. The Morgan fingerprint density at radius 2 is 1.75 bits per heavy atom. The molecule has 28 heavy (non-hydrogen) atoms. The van der Waals surface area contributed by atoms with Gasteiger partial charge in [-0.1, -0.05) is 41.4 Å². The van der Waals surface area contributed by atoms with E-state index in [0.29, 0.717) is 27.2 Å². The Balaban J connectivity index is 1.46. The Bertz CT molecular complexity index is 945. The summed E-state index contributed by atoms with van der Waals surface area (Å²) in [5, 5.41) is 4.54. The van der Waals surface area contributed by atoms with Crippen molar-refractivity contribution in [3.63, 3.8) is 0 Å². The van der Waals surface area contributed by atoms with E-state index in [4.69, 9.17) is 33.7 Å². The van der Waals surface area contributed by atoms with E-state index in [1.54, 1.807) is 12.1 Å². The van der Waals surface area contributed by atoms with Crippen molar-refractivity contribution in [3.8, 4) is 11.6 Å². The minimum absolute atomic E-state index is 0.342. The Morgan fingerprint density at radius 3 is 2.39 bits per heavy atom. The van der Waals surface area contributed by atoms with Crippen LogP contribution in [0.3, 0.4) is 0 Å². The van der Waals surface area contributed by atoms with Crippen LogP contribution in [0.15, 0.2) is 60.8 Å². The second-order valence-corrected chi connectivity index (χ2v) is 6.99. The first-order chi connectivity index (χ1) is 13.5. The Kier molecular flexibility index (Phi) is 6.87. The molecule has 0 aliphatic carbocycles. The highest BCUT2D eigenvalue weighted by atomic mass is 35.5. The molecule has 0 bridgehead atoms. The van der Waals surface area contributed by atoms with Crippen molar-refractivity contribution in [1.29, 1.82) is 0 Å². The third-order valence-electron chi connectivity index (χ3n) is 4.07. The van der Waals surface area contributed by atoms with E-state index in [2.05, 4.69) is 10.3 Å². The van der Waals surface area contributed by atoms with Gasteiger partial charge >= 0.3 is 0 Å². The molecule has 3 rings (SSSR count). The monoisotopic (exact) mass is 415 g/mol. The molecule has 0 unspecified atom stereocenters. The predicted molar refractivity (Wildman–Crippen MR) is 111 cm³/mol. The number of nitrogens with zero attached hydrogens (tertiary/aromatic N) is 1. The zero-order chi connectivity index (χ0) is 19.9. The molecule has 0 radical (unpaired) electrons. The molecule has 0 saturated carbocycles. The SMILES string of the molecule is NC(=O)c1ccc(Oc2ccc(CNCCc3ccc(Cl)c(Cl)c3)cc2)nc1. The predicted octanol–water partition coefficient (Wildman–Crippen LogP) is 4.61. The molecule has 5 nitrogen and oxygen atoms in total. The van der Waals surface area contributed by atoms with E-state index in [0.717, 1.165) is 30.6 Å². The van der Waals surface area contributed by atoms with Crippen molar-refractivity contribution in [2.75, 3.05) is 6.54 Å². The van der Waals surface area contributed by atoms with Crippen molar-refractivity contribution in [2.24, 2.45) is 5.73 Å². The number of primary amides is 1. The standard InChI is InChI=1S/C21H19Cl2N3O2/c22-18-7-3-14(11-19(18)23)9-10-25-12-15-1-5-17(6-2-15)28-20-8-4-16(13-26-20)21(24)27/h1-8,11,13,25H,9-10,12H2,(H2,24,27). The first-order valence-electron chi connectivity index (χ1n) is 8.68. The van der Waals surface area contributed by atoms with E-state index in [1.165, 1.54) is 6.20 Å². The lowest BCUT2D eigenvalue weighted by Crippen LogP contribution is -2.16. The van der Waals surface area contributed by atoms with Crippen LogP contribution in [0.1, 0.15) is 21.5 Å². The van der Waals surface area contributed by atoms with Crippen LogP contribution in [-0.4, -0.2) is 17.4 Å². The van der Waals surface area contributed by atoms with Gasteiger partial charge in [0, 0.05) is 18.8 Å². The normalized spacial score (nSPS) is 10.6. The minimum atomic E-state index is -0.518. The number of rotatable bonds is 8. The summed E-state index contributed by atoms with van der Waals surface area (Å²) in [5.74, 6) is 0.548. The number of benzene rings is 2. The van der Waals surface area contributed by atoms with Gasteiger partial charge in [-0.2, -0.15) is 0 Å². The molecule has 0 aliphatic rings. The van der Waals surface area contributed by atoms with Crippen LogP contribution in [0.25, 0.3) is 0 Å². The fourth-order valence-electron chi connectivity index (χ4n) is 2.54. The molecular formula is C21H19Cl2N3O2. The van der Waals surface area contributed by atoms with Crippen molar-refractivity contribution in [2.45, 2.75) is 13.0 Å². The molecule has 1 heterocycles. The lowest BCUT2D eigenvalue weighted by Gasteiger charge is -2.08. The Labute approximate surface area is 173 Å². The summed E-state index contributed by atoms with van der Waals surface area (Å²) in [5.41, 5.74) is 7.81. The lowest BCUT2D eigenvalue weighted by atomic mass is 10.1. The number of nitrogens with two attached hydrogens (primary N) is 1. The summed E-state index contributed by atoms with van der Waals surface area (Å²) in [7, 11) is 0. The van der Waals surface area contributed by atoms with Crippen LogP contribution in [0.4, 0.5) is 0 Å². The van der Waals surface area contributed by atoms with Gasteiger partial charge in [0.05, 0.1) is 15.6 Å². The van der Waals surface area contributed by atoms with Crippen molar-refractivity contribution in [1.82, 2.24) is 10.3 Å². The van der Waals surface area contributed by atoms with Crippen LogP contribution in [-0.2, 0) is 13.0 Å². The second-order valence-electron chi connectivity index (χ2n) is 6.17. The van der Waals surface area contributed by atoms with Crippen molar-refractivity contribution < 1.29 is 9.53 Å². The largest absolute Gasteiger partial charge is 0.439 e. The Morgan fingerprint density at radius 1 is 1.00 bits per heavy atom. The topological polar surface area (TPSA) is 77.2 Å². The van der Waals surface area contributed by atoms with Crippen LogP contribution >= 0.6 is 23.2 Å². The maximum Gasteiger partial charge on any atom is 0.250 e. The average molecular weight is 416 g/mol. The third-order valence-corrected chi connectivity index (χ3v) is 4.81. The number of pyridine rings is 1. The second kappa shape index (κ2) is 9.55. The molecule has 1 amide bonds. The van der Waals surface area contributed by atoms with Crippen LogP contribution in [0.2, 0.25) is 10.0 Å². The maximum atomic E-state index is 11.0. The molecule has 144 valence electrons. The summed E-state index contributed by atoms with van der Waals surface area (Å²) in [6, 6.07) is 16.6. The van der Waals surface area contributed by atoms with Gasteiger partial charge < -0.3 is 15.8 Å². The van der Waals surface area contributed by atoms with E-state index in [1.807, 2.05) is 42.5 Å². The van der Waals surface area contributed by atoms with Gasteiger partial charge in [0.2, 0.25) is 11.8 Å². The summed E-state index contributed by atoms with van der Waals surface area (Å²) in [6.45, 7) is 1.57. The number of hydrogen-bond donors (Lipinski definition) is 2. The lowest BCUT2D eigenvalue weighted by molar-refractivity contribution is 0.1000. The van der Waals surface area contributed by atoms with E-state index in [-0.39, 0.29) is 0 Å². The highest BCUT2D eigenvalue weighted by Crippen LogP contribution is 2.23. The smallest absolute Gasteiger partial charge is 0.250 e. The number of hydrogen-bond acceptors (Lipinski definition) is 4. The molecule has 3 N–H and O–H groups in total. The number of carbonyl (C=O) groups is 1. The molecule has 2 aromatic carbocycles. The summed E-state index contributed by atoms with van der Waals surface area (Å²) >= 11 is 12.0. The first kappa shape index (κ1) is 20.1. The molecule has 1 aromatic heterocycles. The average Bonchev–Trinajstić information content (AvgIpc) is 2.69. The zero-order valence-corrected chi connectivity index (χ0v) is 16.5. The number of aromatic nitrogens is 1. The fraction of sp³-hybridized carbons (Fsp3) is 0.143. The van der Waals surface area contributed by atoms with Gasteiger partial charge in [-0.15, -0.1) is 0 Å². The third kappa shape index (κ3) is 5.70. The van der Waals surface area contributed by atoms with Gasteiger partial charge in [0.15, 0.2) is 0 Å². The first-order valence-corrected chi connectivity index (χ1v) is 9.44. The van der Waals surface area contributed by atoms with Crippen molar-refractivity contribution in [3.05, 3.63) is 87.5 Å². The van der Waals surface area contributed by atoms with Gasteiger partial charge in [-0.3, -0.25) is 4.79 Å². The minimum Gasteiger partial charge on any atom is -0.439 e. The highest BCUT2D eigenvalue weighted by Gasteiger charge is 2.04. The highest BCUT2D eigenvalue weighted by molar-refractivity contribution is 6.42. The summed E-state index contributed by atoms with van der Waals surface area (Å²) < 4.78 is 5.67. The number of nitrogens with one attached hydrogen (secondary N) is 1. The van der Waals surface area contributed by atoms with Gasteiger partial charge in [0.1, 0.15) is 5.75 Å². The van der Waals surface area contributed by atoms with Gasteiger partial charge in [-0.05, 0) is 54.4 Å². The number of halogens is 2. The fourth-order valence-corrected chi connectivity index (χ4v) is 2.86.